The van der Waals surface area contributed by atoms with Gasteiger partial charge in [0.25, 0.3) is 5.91 Å². The van der Waals surface area contributed by atoms with Gasteiger partial charge >= 0.3 is 0 Å². The minimum Gasteiger partial charge on any atom is -0.497 e. The van der Waals surface area contributed by atoms with Crippen molar-refractivity contribution in [3.63, 3.8) is 0 Å². The Balaban J connectivity index is 1.53. The van der Waals surface area contributed by atoms with E-state index < -0.39 is 0 Å². The van der Waals surface area contributed by atoms with E-state index in [4.69, 9.17) is 9.15 Å². The second-order valence-corrected chi connectivity index (χ2v) is 7.18. The molecule has 7 nitrogen and oxygen atoms in total. The van der Waals surface area contributed by atoms with Crippen molar-refractivity contribution < 1.29 is 18.7 Å². The summed E-state index contributed by atoms with van der Waals surface area (Å²) in [6.07, 6.45) is 0.326. The van der Waals surface area contributed by atoms with Crippen LogP contribution in [0.25, 0.3) is 11.0 Å². The Morgan fingerprint density at radius 2 is 1.83 bits per heavy atom. The van der Waals surface area contributed by atoms with Crippen LogP contribution in [0.5, 0.6) is 5.75 Å². The molecule has 3 aromatic rings. The Labute approximate surface area is 175 Å². The number of benzene rings is 2. The maximum atomic E-state index is 13.2. The zero-order valence-electron chi connectivity index (χ0n) is 17.2. The number of carbonyl (C=O) groups excluding carboxylic acids is 2. The third kappa shape index (κ3) is 3.83. The van der Waals surface area contributed by atoms with Gasteiger partial charge in [-0.05, 0) is 24.3 Å². The molecule has 1 saturated heterocycles. The average Bonchev–Trinajstić information content (AvgIpc) is 3.17. The number of hydrogen-bond donors (Lipinski definition) is 1. The predicted molar refractivity (Wildman–Crippen MR) is 116 cm³/mol. The number of methoxy groups -OCH3 is 1. The van der Waals surface area contributed by atoms with Crippen LogP contribution in [0.15, 0.2) is 52.9 Å². The molecule has 1 aliphatic heterocycles. The molecule has 0 radical (unpaired) electrons. The predicted octanol–water partition coefficient (Wildman–Crippen LogP) is 3.75. The van der Waals surface area contributed by atoms with E-state index in [0.29, 0.717) is 43.9 Å². The molecular formula is C23H25N3O4. The number of anilines is 2. The maximum Gasteiger partial charge on any atom is 0.291 e. The second kappa shape index (κ2) is 8.49. The normalized spacial score (nSPS) is 14.1. The van der Waals surface area contributed by atoms with E-state index in [1.807, 2.05) is 42.5 Å². The minimum atomic E-state index is -0.206. The number of ether oxygens (including phenoxy) is 1. The first-order valence-electron chi connectivity index (χ1n) is 10.1. The number of hydrogen-bond acceptors (Lipinski definition) is 5. The summed E-state index contributed by atoms with van der Waals surface area (Å²) in [6, 6.07) is 15.3. The fourth-order valence-electron chi connectivity index (χ4n) is 3.67. The van der Waals surface area contributed by atoms with Crippen molar-refractivity contribution >= 4 is 34.2 Å². The van der Waals surface area contributed by atoms with Crippen molar-refractivity contribution in [1.29, 1.82) is 0 Å². The fraction of sp³-hybridized carbons (Fsp3) is 0.304. The molecule has 1 fully saturated rings. The van der Waals surface area contributed by atoms with Gasteiger partial charge in [0.05, 0.1) is 7.11 Å². The lowest BCUT2D eigenvalue weighted by atomic mass is 10.2. The van der Waals surface area contributed by atoms with E-state index in [2.05, 4.69) is 10.2 Å². The third-order valence-electron chi connectivity index (χ3n) is 5.36. The number of nitrogens with zero attached hydrogens (tertiary/aromatic N) is 2. The molecule has 1 aromatic heterocycles. The SMILES string of the molecule is CCC(=O)Nc1c(C(=O)N2CCN(c3cccc(OC)c3)CC2)oc2ccccc12. The van der Waals surface area contributed by atoms with Gasteiger partial charge in [-0.15, -0.1) is 0 Å². The van der Waals surface area contributed by atoms with Gasteiger partial charge in [0.1, 0.15) is 17.0 Å². The standard InChI is InChI=1S/C23H25N3O4/c1-3-20(27)24-21-18-9-4-5-10-19(18)30-22(21)23(28)26-13-11-25(12-14-26)16-7-6-8-17(15-16)29-2/h4-10,15H,3,11-14H2,1-2H3,(H,24,27). The van der Waals surface area contributed by atoms with E-state index in [1.165, 1.54) is 0 Å². The highest BCUT2D eigenvalue weighted by Gasteiger charge is 2.29. The lowest BCUT2D eigenvalue weighted by Gasteiger charge is -2.36. The van der Waals surface area contributed by atoms with Crippen molar-refractivity contribution in [3.8, 4) is 5.75 Å². The number of rotatable bonds is 5. The smallest absolute Gasteiger partial charge is 0.291 e. The van der Waals surface area contributed by atoms with Crippen molar-refractivity contribution in [1.82, 2.24) is 4.90 Å². The number of para-hydroxylation sites is 1. The van der Waals surface area contributed by atoms with Crippen LogP contribution in [-0.4, -0.2) is 50.0 Å². The van der Waals surface area contributed by atoms with Gasteiger partial charge in [0, 0.05) is 49.7 Å². The van der Waals surface area contributed by atoms with Crippen LogP contribution in [0.2, 0.25) is 0 Å². The molecule has 156 valence electrons. The first-order chi connectivity index (χ1) is 14.6. The first kappa shape index (κ1) is 19.8. The van der Waals surface area contributed by atoms with Crippen LogP contribution < -0.4 is 15.0 Å². The van der Waals surface area contributed by atoms with Gasteiger partial charge in [0.2, 0.25) is 11.7 Å². The zero-order chi connectivity index (χ0) is 21.1. The highest BCUT2D eigenvalue weighted by atomic mass is 16.5. The van der Waals surface area contributed by atoms with Gasteiger partial charge in [-0.1, -0.05) is 25.1 Å². The molecule has 0 spiro atoms. The average molecular weight is 407 g/mol. The second-order valence-electron chi connectivity index (χ2n) is 7.18. The van der Waals surface area contributed by atoms with E-state index in [1.54, 1.807) is 25.0 Å². The van der Waals surface area contributed by atoms with Crippen LogP contribution >= 0.6 is 0 Å². The molecule has 0 saturated carbocycles. The molecule has 30 heavy (non-hydrogen) atoms. The van der Waals surface area contributed by atoms with E-state index >= 15 is 0 Å². The summed E-state index contributed by atoms with van der Waals surface area (Å²) in [5.41, 5.74) is 2.11. The van der Waals surface area contributed by atoms with E-state index in [0.717, 1.165) is 16.8 Å². The van der Waals surface area contributed by atoms with Gasteiger partial charge in [-0.2, -0.15) is 0 Å². The van der Waals surface area contributed by atoms with E-state index in [-0.39, 0.29) is 17.6 Å². The minimum absolute atomic E-state index is 0.154. The molecule has 0 aliphatic carbocycles. The Morgan fingerprint density at radius 3 is 2.57 bits per heavy atom. The number of piperazine rings is 1. The van der Waals surface area contributed by atoms with Crippen molar-refractivity contribution in [2.75, 3.05) is 43.5 Å². The Kier molecular flexibility index (Phi) is 5.61. The maximum absolute atomic E-state index is 13.2. The van der Waals surface area contributed by atoms with Gasteiger partial charge in [-0.3, -0.25) is 9.59 Å². The summed E-state index contributed by atoms with van der Waals surface area (Å²) in [5, 5.41) is 3.58. The summed E-state index contributed by atoms with van der Waals surface area (Å²) in [6.45, 7) is 4.31. The number of amides is 2. The lowest BCUT2D eigenvalue weighted by molar-refractivity contribution is -0.115. The molecule has 2 aromatic carbocycles. The molecule has 2 heterocycles. The molecular weight excluding hydrogens is 382 g/mol. The summed E-state index contributed by atoms with van der Waals surface area (Å²) in [5.74, 6) is 0.638. The number of furan rings is 1. The van der Waals surface area contributed by atoms with Crippen LogP contribution in [0.1, 0.15) is 23.9 Å². The highest BCUT2D eigenvalue weighted by Crippen LogP contribution is 2.32. The molecule has 1 N–H and O–H groups in total. The fourth-order valence-corrected chi connectivity index (χ4v) is 3.67. The van der Waals surface area contributed by atoms with Crippen molar-refractivity contribution in [2.45, 2.75) is 13.3 Å². The number of fused-ring (bicyclic) bond motifs is 1. The van der Waals surface area contributed by atoms with Crippen molar-refractivity contribution in [2.24, 2.45) is 0 Å². The lowest BCUT2D eigenvalue weighted by Crippen LogP contribution is -2.48. The monoisotopic (exact) mass is 407 g/mol. The first-order valence-corrected chi connectivity index (χ1v) is 10.1. The van der Waals surface area contributed by atoms with Crippen LogP contribution in [0.3, 0.4) is 0 Å². The highest BCUT2D eigenvalue weighted by molar-refractivity contribution is 6.10. The van der Waals surface area contributed by atoms with Crippen LogP contribution in [-0.2, 0) is 4.79 Å². The molecule has 4 rings (SSSR count). The Bertz CT molecular complexity index is 1070. The van der Waals surface area contributed by atoms with Gasteiger partial charge < -0.3 is 24.3 Å². The van der Waals surface area contributed by atoms with Gasteiger partial charge in [-0.25, -0.2) is 0 Å². The quantitative estimate of drug-likeness (QED) is 0.697. The largest absolute Gasteiger partial charge is 0.497 e. The number of carbonyl (C=O) groups is 2. The summed E-state index contributed by atoms with van der Waals surface area (Å²) in [4.78, 5) is 29.3. The molecule has 0 unspecified atom stereocenters. The summed E-state index contributed by atoms with van der Waals surface area (Å²) in [7, 11) is 1.65. The number of nitrogens with one attached hydrogen (secondary N) is 1. The molecule has 2 amide bonds. The summed E-state index contributed by atoms with van der Waals surface area (Å²) < 4.78 is 11.2. The topological polar surface area (TPSA) is 75.0 Å². The molecule has 7 heteroatoms. The zero-order valence-corrected chi connectivity index (χ0v) is 17.2. The van der Waals surface area contributed by atoms with Crippen LogP contribution in [0, 0.1) is 0 Å². The van der Waals surface area contributed by atoms with Gasteiger partial charge in [0.15, 0.2) is 0 Å². The summed E-state index contributed by atoms with van der Waals surface area (Å²) >= 11 is 0. The third-order valence-corrected chi connectivity index (χ3v) is 5.36. The van der Waals surface area contributed by atoms with Crippen LogP contribution in [0.4, 0.5) is 11.4 Å². The molecule has 1 aliphatic rings. The Morgan fingerprint density at radius 1 is 1.07 bits per heavy atom. The molecule has 0 bridgehead atoms. The Hall–Kier alpha value is -3.48. The van der Waals surface area contributed by atoms with E-state index in [9.17, 15) is 9.59 Å². The van der Waals surface area contributed by atoms with Crippen molar-refractivity contribution in [3.05, 3.63) is 54.3 Å². The molecule has 0 atom stereocenters.